The van der Waals surface area contributed by atoms with Crippen LogP contribution in [0.3, 0.4) is 0 Å². The van der Waals surface area contributed by atoms with E-state index in [1.807, 2.05) is 17.0 Å². The summed E-state index contributed by atoms with van der Waals surface area (Å²) in [5.41, 5.74) is 1.30. The second kappa shape index (κ2) is 8.68. The van der Waals surface area contributed by atoms with Crippen molar-refractivity contribution < 1.29 is 14.3 Å². The molecule has 2 saturated heterocycles. The number of methoxy groups -OCH3 is 1. The number of nitrogens with one attached hydrogen (secondary N) is 1. The first kappa shape index (κ1) is 18.9. The van der Waals surface area contributed by atoms with Gasteiger partial charge in [0.1, 0.15) is 0 Å². The maximum atomic E-state index is 12.4. The molecule has 0 spiro atoms. The van der Waals surface area contributed by atoms with Gasteiger partial charge in [-0.15, -0.1) is 0 Å². The molecule has 0 aromatic carbocycles. The van der Waals surface area contributed by atoms with Crippen LogP contribution in [0.4, 0.5) is 4.79 Å². The first-order chi connectivity index (χ1) is 12.6. The molecule has 0 unspecified atom stereocenters. The number of morpholine rings is 1. The molecular formula is C19H30N4O3. The maximum absolute atomic E-state index is 12.4. The smallest absolute Gasteiger partial charge is 0.317 e. The van der Waals surface area contributed by atoms with Crippen molar-refractivity contribution in [2.45, 2.75) is 31.7 Å². The highest BCUT2D eigenvalue weighted by Gasteiger charge is 2.37. The number of hydrogen-bond acceptors (Lipinski definition) is 5. The average molecular weight is 362 g/mol. The second-order valence-corrected chi connectivity index (χ2v) is 7.27. The molecule has 1 aromatic heterocycles. The van der Waals surface area contributed by atoms with E-state index in [4.69, 9.17) is 9.47 Å². The van der Waals surface area contributed by atoms with Gasteiger partial charge in [0.15, 0.2) is 0 Å². The van der Waals surface area contributed by atoms with Crippen LogP contribution < -0.4 is 10.1 Å². The summed E-state index contributed by atoms with van der Waals surface area (Å²) in [6, 6.07) is 3.89. The van der Waals surface area contributed by atoms with E-state index in [0.717, 1.165) is 64.2 Å². The van der Waals surface area contributed by atoms with Crippen LogP contribution in [-0.2, 0) is 11.2 Å². The number of hydrogen-bond donors (Lipinski definition) is 1. The van der Waals surface area contributed by atoms with E-state index < -0.39 is 0 Å². The van der Waals surface area contributed by atoms with Crippen molar-refractivity contribution in [1.29, 1.82) is 0 Å². The van der Waals surface area contributed by atoms with Gasteiger partial charge in [0, 0.05) is 50.5 Å². The zero-order chi connectivity index (χ0) is 18.4. The molecule has 2 fully saturated rings. The van der Waals surface area contributed by atoms with E-state index in [1.54, 1.807) is 13.3 Å². The van der Waals surface area contributed by atoms with Gasteiger partial charge in [-0.3, -0.25) is 4.90 Å². The van der Waals surface area contributed by atoms with Crippen LogP contribution in [0.1, 0.15) is 25.3 Å². The van der Waals surface area contributed by atoms with Crippen molar-refractivity contribution in [3.8, 4) is 5.88 Å². The molecule has 0 bridgehead atoms. The zero-order valence-corrected chi connectivity index (χ0v) is 15.9. The molecule has 2 amide bonds. The molecule has 144 valence electrons. The number of amides is 2. The molecular weight excluding hydrogens is 332 g/mol. The molecule has 0 saturated carbocycles. The molecule has 1 N–H and O–H groups in total. The van der Waals surface area contributed by atoms with Gasteiger partial charge < -0.3 is 19.7 Å². The minimum Gasteiger partial charge on any atom is -0.481 e. The van der Waals surface area contributed by atoms with Crippen LogP contribution >= 0.6 is 0 Å². The van der Waals surface area contributed by atoms with Crippen LogP contribution in [0.25, 0.3) is 0 Å². The summed E-state index contributed by atoms with van der Waals surface area (Å²) in [5, 5.41) is 3.04. The number of likely N-dealkylation sites (tertiary alicyclic amines) is 1. The standard InChI is InChI=1S/C19H30N4O3/c1-19(23-11-13-26-14-12-23)5-9-22(10-6-19)18(24)21-8-4-16-3-7-20-17(15-16)25-2/h3,7,15H,4-6,8-14H2,1-2H3,(H,21,24). The fraction of sp³-hybridized carbons (Fsp3) is 0.684. The quantitative estimate of drug-likeness (QED) is 0.860. The minimum atomic E-state index is 0.0371. The van der Waals surface area contributed by atoms with Gasteiger partial charge in [0.2, 0.25) is 5.88 Å². The number of ether oxygens (including phenoxy) is 2. The second-order valence-electron chi connectivity index (χ2n) is 7.27. The first-order valence-electron chi connectivity index (χ1n) is 9.45. The van der Waals surface area contributed by atoms with Gasteiger partial charge in [-0.1, -0.05) is 0 Å². The molecule has 7 heteroatoms. The Morgan fingerprint density at radius 2 is 2.04 bits per heavy atom. The Balaban J connectivity index is 1.42. The third kappa shape index (κ3) is 4.65. The van der Waals surface area contributed by atoms with Crippen molar-refractivity contribution in [1.82, 2.24) is 20.1 Å². The van der Waals surface area contributed by atoms with E-state index in [2.05, 4.69) is 22.1 Å². The summed E-state index contributed by atoms with van der Waals surface area (Å²) in [4.78, 5) is 21.0. The lowest BCUT2D eigenvalue weighted by atomic mass is 9.87. The number of pyridine rings is 1. The summed E-state index contributed by atoms with van der Waals surface area (Å²) in [6.45, 7) is 8.19. The number of rotatable bonds is 5. The van der Waals surface area contributed by atoms with E-state index in [-0.39, 0.29) is 11.6 Å². The van der Waals surface area contributed by atoms with Crippen LogP contribution in [0.5, 0.6) is 5.88 Å². The molecule has 0 radical (unpaired) electrons. The molecule has 3 rings (SSSR count). The van der Waals surface area contributed by atoms with Crippen LogP contribution in [-0.4, -0.2) is 79.4 Å². The highest BCUT2D eigenvalue weighted by molar-refractivity contribution is 5.74. The van der Waals surface area contributed by atoms with E-state index in [1.165, 1.54) is 0 Å². The molecule has 2 aliphatic heterocycles. The SMILES string of the molecule is COc1cc(CCNC(=O)N2CCC(C)(N3CCOCC3)CC2)ccn1. The topological polar surface area (TPSA) is 66.9 Å². The van der Waals surface area contributed by atoms with E-state index in [9.17, 15) is 4.79 Å². The predicted molar refractivity (Wildman–Crippen MR) is 99.5 cm³/mol. The molecule has 0 aliphatic carbocycles. The molecule has 3 heterocycles. The van der Waals surface area contributed by atoms with Crippen LogP contribution in [0, 0.1) is 0 Å². The largest absolute Gasteiger partial charge is 0.481 e. The van der Waals surface area contributed by atoms with Gasteiger partial charge in [0.05, 0.1) is 20.3 Å². The van der Waals surface area contributed by atoms with Crippen molar-refractivity contribution in [3.05, 3.63) is 23.9 Å². The van der Waals surface area contributed by atoms with Crippen molar-refractivity contribution >= 4 is 6.03 Å². The normalized spacial score (nSPS) is 20.6. The Kier molecular flexibility index (Phi) is 6.32. The monoisotopic (exact) mass is 362 g/mol. The average Bonchev–Trinajstić information content (AvgIpc) is 2.69. The first-order valence-corrected chi connectivity index (χ1v) is 9.45. The maximum Gasteiger partial charge on any atom is 0.317 e. The Bertz CT molecular complexity index is 596. The summed E-state index contributed by atoms with van der Waals surface area (Å²) < 4.78 is 10.6. The van der Waals surface area contributed by atoms with E-state index in [0.29, 0.717) is 12.4 Å². The lowest BCUT2D eigenvalue weighted by molar-refractivity contribution is -0.0356. The number of aromatic nitrogens is 1. The Morgan fingerprint density at radius 3 is 2.73 bits per heavy atom. The fourth-order valence-electron chi connectivity index (χ4n) is 3.75. The molecule has 26 heavy (non-hydrogen) atoms. The van der Waals surface area contributed by atoms with Crippen molar-refractivity contribution in [3.63, 3.8) is 0 Å². The molecule has 0 atom stereocenters. The van der Waals surface area contributed by atoms with Gasteiger partial charge >= 0.3 is 6.03 Å². The third-order valence-corrected chi connectivity index (χ3v) is 5.60. The van der Waals surface area contributed by atoms with Gasteiger partial charge in [-0.05, 0) is 37.8 Å². The summed E-state index contributed by atoms with van der Waals surface area (Å²) in [5.74, 6) is 0.604. The van der Waals surface area contributed by atoms with Crippen LogP contribution in [0.15, 0.2) is 18.3 Å². The van der Waals surface area contributed by atoms with Crippen LogP contribution in [0.2, 0.25) is 0 Å². The van der Waals surface area contributed by atoms with Gasteiger partial charge in [-0.2, -0.15) is 0 Å². The Morgan fingerprint density at radius 1 is 1.31 bits per heavy atom. The Hall–Kier alpha value is -1.86. The summed E-state index contributed by atoms with van der Waals surface area (Å²) >= 11 is 0. The fourth-order valence-corrected chi connectivity index (χ4v) is 3.75. The lowest BCUT2D eigenvalue weighted by Gasteiger charge is -2.48. The minimum absolute atomic E-state index is 0.0371. The number of piperidine rings is 1. The number of urea groups is 1. The lowest BCUT2D eigenvalue weighted by Crippen LogP contribution is -2.58. The van der Waals surface area contributed by atoms with E-state index >= 15 is 0 Å². The summed E-state index contributed by atoms with van der Waals surface area (Å²) in [7, 11) is 1.61. The van der Waals surface area contributed by atoms with Gasteiger partial charge in [0.25, 0.3) is 0 Å². The highest BCUT2D eigenvalue weighted by Crippen LogP contribution is 2.29. The van der Waals surface area contributed by atoms with Crippen molar-refractivity contribution in [2.24, 2.45) is 0 Å². The third-order valence-electron chi connectivity index (χ3n) is 5.60. The molecule has 1 aromatic rings. The molecule has 2 aliphatic rings. The molecule has 7 nitrogen and oxygen atoms in total. The summed E-state index contributed by atoms with van der Waals surface area (Å²) in [6.07, 6.45) is 4.53. The number of carbonyl (C=O) groups is 1. The highest BCUT2D eigenvalue weighted by atomic mass is 16.5. The zero-order valence-electron chi connectivity index (χ0n) is 15.9. The predicted octanol–water partition coefficient (Wildman–Crippen LogP) is 1.53. The number of nitrogens with zero attached hydrogens (tertiary/aromatic N) is 3. The number of carbonyl (C=O) groups excluding carboxylic acids is 1. The van der Waals surface area contributed by atoms with Gasteiger partial charge in [-0.25, -0.2) is 9.78 Å². The van der Waals surface area contributed by atoms with Crippen molar-refractivity contribution in [2.75, 3.05) is 53.0 Å². The Labute approximate surface area is 155 Å².